The van der Waals surface area contributed by atoms with Gasteiger partial charge in [0.1, 0.15) is 11.9 Å². The second-order valence-electron chi connectivity index (χ2n) is 4.68. The number of nitrogens with zero attached hydrogens (tertiary/aromatic N) is 2. The molecule has 0 saturated carbocycles. The number of aryl methyl sites for hydroxylation is 1. The number of imidazole rings is 1. The van der Waals surface area contributed by atoms with Crippen LogP contribution in [0.3, 0.4) is 0 Å². The van der Waals surface area contributed by atoms with Crippen molar-refractivity contribution in [3.05, 3.63) is 24.0 Å². The number of benzene rings is 1. The van der Waals surface area contributed by atoms with Gasteiger partial charge in [0.2, 0.25) is 5.95 Å². The van der Waals surface area contributed by atoms with Crippen LogP contribution in [-0.2, 0) is 16.6 Å². The van der Waals surface area contributed by atoms with Crippen molar-refractivity contribution in [3.8, 4) is 0 Å². The molecule has 1 atom stereocenters. The molecule has 2 heterocycles. The van der Waals surface area contributed by atoms with Gasteiger partial charge in [-0.3, -0.25) is 10.1 Å². The summed E-state index contributed by atoms with van der Waals surface area (Å²) in [6.07, 6.45) is -0.528. The first-order valence-corrected chi connectivity index (χ1v) is 6.40. The molecular formula is C13H15FN4O2. The Bertz CT molecular complexity index is 649. The molecule has 6 nitrogen and oxygen atoms in total. The molecule has 0 aliphatic carbocycles. The van der Waals surface area contributed by atoms with Gasteiger partial charge in [-0.25, -0.2) is 9.37 Å². The number of hydrogen-bond acceptors (Lipinski definition) is 4. The van der Waals surface area contributed by atoms with E-state index in [-0.39, 0.29) is 11.7 Å². The molecule has 1 aromatic carbocycles. The quantitative estimate of drug-likeness (QED) is 0.846. The summed E-state index contributed by atoms with van der Waals surface area (Å²) in [6.45, 7) is 1.73. The van der Waals surface area contributed by atoms with Crippen LogP contribution in [-0.4, -0.2) is 41.3 Å². The van der Waals surface area contributed by atoms with Crippen molar-refractivity contribution >= 4 is 22.9 Å². The van der Waals surface area contributed by atoms with Gasteiger partial charge < -0.3 is 14.6 Å². The van der Waals surface area contributed by atoms with Gasteiger partial charge in [0.05, 0.1) is 17.6 Å². The fraction of sp³-hybridized carbons (Fsp3) is 0.385. The van der Waals surface area contributed by atoms with E-state index in [1.807, 2.05) is 0 Å². The van der Waals surface area contributed by atoms with Crippen LogP contribution in [0.1, 0.15) is 0 Å². The van der Waals surface area contributed by atoms with E-state index in [2.05, 4.69) is 15.6 Å². The number of hydrogen-bond donors (Lipinski definition) is 2. The largest absolute Gasteiger partial charge is 0.366 e. The van der Waals surface area contributed by atoms with Crippen LogP contribution in [0.5, 0.6) is 0 Å². The molecule has 0 bridgehead atoms. The summed E-state index contributed by atoms with van der Waals surface area (Å²) in [7, 11) is 1.77. The Morgan fingerprint density at radius 3 is 3.20 bits per heavy atom. The minimum atomic E-state index is -0.528. The van der Waals surface area contributed by atoms with Crippen molar-refractivity contribution in [2.45, 2.75) is 6.10 Å². The highest BCUT2D eigenvalue weighted by atomic mass is 19.1. The monoisotopic (exact) mass is 278 g/mol. The van der Waals surface area contributed by atoms with E-state index < -0.39 is 6.10 Å². The van der Waals surface area contributed by atoms with Crippen LogP contribution in [0.2, 0.25) is 0 Å². The number of rotatable bonds is 2. The average Bonchev–Trinajstić information content (AvgIpc) is 2.75. The Morgan fingerprint density at radius 1 is 1.60 bits per heavy atom. The molecule has 1 amide bonds. The molecule has 20 heavy (non-hydrogen) atoms. The number of fused-ring (bicyclic) bond motifs is 1. The van der Waals surface area contributed by atoms with E-state index in [9.17, 15) is 9.18 Å². The molecular weight excluding hydrogens is 263 g/mol. The molecule has 1 unspecified atom stereocenters. The predicted molar refractivity (Wildman–Crippen MR) is 71.9 cm³/mol. The number of anilines is 1. The summed E-state index contributed by atoms with van der Waals surface area (Å²) in [5.74, 6) is -0.228. The lowest BCUT2D eigenvalue weighted by atomic mass is 10.3. The number of ether oxygens (including phenoxy) is 1. The Balaban J connectivity index is 1.83. The predicted octanol–water partition coefficient (Wildman–Crippen LogP) is 0.639. The van der Waals surface area contributed by atoms with Crippen molar-refractivity contribution in [1.82, 2.24) is 14.9 Å². The van der Waals surface area contributed by atoms with Crippen LogP contribution in [0.15, 0.2) is 18.2 Å². The minimum absolute atomic E-state index is 0.254. The lowest BCUT2D eigenvalue weighted by molar-refractivity contribution is -0.128. The lowest BCUT2D eigenvalue weighted by Gasteiger charge is -2.22. The maximum atomic E-state index is 13.2. The maximum Gasteiger partial charge on any atom is 0.257 e. The molecule has 1 aliphatic rings. The molecule has 1 saturated heterocycles. The van der Waals surface area contributed by atoms with Gasteiger partial charge in [0.25, 0.3) is 5.91 Å². The van der Waals surface area contributed by atoms with E-state index in [1.165, 1.54) is 12.1 Å². The fourth-order valence-electron chi connectivity index (χ4n) is 2.21. The summed E-state index contributed by atoms with van der Waals surface area (Å²) >= 11 is 0. The average molecular weight is 278 g/mol. The normalized spacial score (nSPS) is 19.2. The first-order chi connectivity index (χ1) is 9.65. The van der Waals surface area contributed by atoms with E-state index in [1.54, 1.807) is 17.7 Å². The number of morpholine rings is 1. The molecule has 1 aliphatic heterocycles. The lowest BCUT2D eigenvalue weighted by Crippen LogP contribution is -2.45. The Labute approximate surface area is 114 Å². The standard InChI is InChI=1S/C13H15FN4O2/c1-18-10-3-2-8(14)6-9(10)16-13(18)17-12(19)11-7-15-4-5-20-11/h2-3,6,11,15H,4-5,7H2,1H3,(H,16,17,19). The third-order valence-electron chi connectivity index (χ3n) is 3.30. The van der Waals surface area contributed by atoms with Crippen molar-refractivity contribution < 1.29 is 13.9 Å². The number of carbonyl (C=O) groups excluding carboxylic acids is 1. The molecule has 2 N–H and O–H groups in total. The molecule has 1 aromatic heterocycles. The van der Waals surface area contributed by atoms with E-state index in [4.69, 9.17) is 4.74 Å². The number of halogens is 1. The van der Waals surface area contributed by atoms with Crippen LogP contribution >= 0.6 is 0 Å². The highest BCUT2D eigenvalue weighted by Gasteiger charge is 2.23. The molecule has 1 fully saturated rings. The summed E-state index contributed by atoms with van der Waals surface area (Å²) in [5, 5.41) is 5.80. The van der Waals surface area contributed by atoms with E-state index in [0.717, 1.165) is 12.1 Å². The molecule has 0 radical (unpaired) electrons. The second-order valence-corrected chi connectivity index (χ2v) is 4.68. The Hall–Kier alpha value is -1.99. The summed E-state index contributed by atoms with van der Waals surface area (Å²) in [5.41, 5.74) is 1.26. The Kier molecular flexibility index (Phi) is 3.37. The summed E-state index contributed by atoms with van der Waals surface area (Å²) in [4.78, 5) is 16.3. The van der Waals surface area contributed by atoms with E-state index in [0.29, 0.717) is 24.6 Å². The highest BCUT2D eigenvalue weighted by Crippen LogP contribution is 2.19. The zero-order chi connectivity index (χ0) is 14.1. The van der Waals surface area contributed by atoms with Crippen LogP contribution in [0.4, 0.5) is 10.3 Å². The van der Waals surface area contributed by atoms with Gasteiger partial charge in [-0.1, -0.05) is 0 Å². The third-order valence-corrected chi connectivity index (χ3v) is 3.30. The summed E-state index contributed by atoms with van der Waals surface area (Å²) < 4.78 is 20.3. The number of aromatic nitrogens is 2. The SMILES string of the molecule is Cn1c(NC(=O)C2CNCCO2)nc2cc(F)ccc21. The van der Waals surface area contributed by atoms with Gasteiger partial charge in [-0.15, -0.1) is 0 Å². The van der Waals surface area contributed by atoms with Crippen molar-refractivity contribution in [3.63, 3.8) is 0 Å². The van der Waals surface area contributed by atoms with Crippen LogP contribution < -0.4 is 10.6 Å². The minimum Gasteiger partial charge on any atom is -0.366 e. The van der Waals surface area contributed by atoms with Gasteiger partial charge in [-0.05, 0) is 12.1 Å². The smallest absolute Gasteiger partial charge is 0.257 e. The molecule has 3 rings (SSSR count). The fourth-order valence-corrected chi connectivity index (χ4v) is 2.21. The van der Waals surface area contributed by atoms with Gasteiger partial charge in [0, 0.05) is 26.2 Å². The number of amides is 1. The molecule has 7 heteroatoms. The molecule has 2 aromatic rings. The van der Waals surface area contributed by atoms with Crippen molar-refractivity contribution in [1.29, 1.82) is 0 Å². The first kappa shape index (κ1) is 13.0. The topological polar surface area (TPSA) is 68.2 Å². The maximum absolute atomic E-state index is 13.2. The third kappa shape index (κ3) is 2.37. The number of nitrogens with one attached hydrogen (secondary N) is 2. The first-order valence-electron chi connectivity index (χ1n) is 6.40. The van der Waals surface area contributed by atoms with Crippen LogP contribution in [0.25, 0.3) is 11.0 Å². The zero-order valence-electron chi connectivity index (χ0n) is 11.0. The molecule has 106 valence electrons. The van der Waals surface area contributed by atoms with Crippen LogP contribution in [0, 0.1) is 5.82 Å². The van der Waals surface area contributed by atoms with Crippen molar-refractivity contribution in [2.24, 2.45) is 7.05 Å². The van der Waals surface area contributed by atoms with Gasteiger partial charge in [-0.2, -0.15) is 0 Å². The summed E-state index contributed by atoms with van der Waals surface area (Å²) in [6, 6.07) is 4.33. The van der Waals surface area contributed by atoms with Gasteiger partial charge in [0.15, 0.2) is 0 Å². The highest BCUT2D eigenvalue weighted by molar-refractivity contribution is 5.94. The number of carbonyl (C=O) groups is 1. The van der Waals surface area contributed by atoms with Crippen molar-refractivity contribution in [2.75, 3.05) is 25.0 Å². The Morgan fingerprint density at radius 2 is 2.45 bits per heavy atom. The van der Waals surface area contributed by atoms with E-state index >= 15 is 0 Å². The second kappa shape index (κ2) is 5.18. The van der Waals surface area contributed by atoms with Gasteiger partial charge >= 0.3 is 0 Å². The zero-order valence-corrected chi connectivity index (χ0v) is 11.0. The molecule has 0 spiro atoms.